The summed E-state index contributed by atoms with van der Waals surface area (Å²) in [6, 6.07) is 7.31. The quantitative estimate of drug-likeness (QED) is 0.477. The van der Waals surface area contributed by atoms with Gasteiger partial charge in [0, 0.05) is 12.6 Å². The van der Waals surface area contributed by atoms with Crippen LogP contribution in [0.1, 0.15) is 12.8 Å². The monoisotopic (exact) mass is 449 g/mol. The molecular formula is C21H19N7O3S. The number of amides is 1. The van der Waals surface area contributed by atoms with Gasteiger partial charge in [-0.3, -0.25) is 4.79 Å². The van der Waals surface area contributed by atoms with Crippen molar-refractivity contribution in [3.05, 3.63) is 42.2 Å². The molecule has 2 aliphatic rings. The topological polar surface area (TPSA) is 120 Å². The molecule has 0 saturated carbocycles. The molecule has 1 amide bonds. The zero-order valence-corrected chi connectivity index (χ0v) is 17.7. The molecular weight excluding hydrogens is 430 g/mol. The van der Waals surface area contributed by atoms with Crippen LogP contribution in [0.25, 0.3) is 15.9 Å². The number of carbonyl (C=O) groups is 1. The predicted molar refractivity (Wildman–Crippen MR) is 120 cm³/mol. The summed E-state index contributed by atoms with van der Waals surface area (Å²) in [5, 5.41) is 6.17. The largest absolute Gasteiger partial charge is 0.454 e. The second-order valence-electron chi connectivity index (χ2n) is 7.59. The molecule has 1 aromatic carbocycles. The zero-order valence-electron chi connectivity index (χ0n) is 16.9. The van der Waals surface area contributed by atoms with Crippen LogP contribution in [0, 0.1) is 0 Å². The Balaban J connectivity index is 1.32. The first-order chi connectivity index (χ1) is 15.7. The van der Waals surface area contributed by atoms with Crippen LogP contribution in [0.3, 0.4) is 0 Å². The normalized spacial score (nSPS) is 17.2. The van der Waals surface area contributed by atoms with E-state index in [1.165, 1.54) is 11.3 Å². The first kappa shape index (κ1) is 18.9. The molecule has 10 nitrogen and oxygen atoms in total. The van der Waals surface area contributed by atoms with Crippen molar-refractivity contribution in [1.82, 2.24) is 19.5 Å². The van der Waals surface area contributed by atoms with Gasteiger partial charge in [0.2, 0.25) is 18.6 Å². The van der Waals surface area contributed by atoms with Crippen molar-refractivity contribution >= 4 is 45.0 Å². The number of nitrogens with zero attached hydrogens (tertiary/aromatic N) is 5. The van der Waals surface area contributed by atoms with E-state index in [0.29, 0.717) is 36.3 Å². The Labute approximate surface area is 186 Å². The molecule has 2 aliphatic heterocycles. The maximum Gasteiger partial charge on any atom is 0.240 e. The minimum Gasteiger partial charge on any atom is -0.454 e. The van der Waals surface area contributed by atoms with Gasteiger partial charge >= 0.3 is 0 Å². The minimum atomic E-state index is -0.384. The lowest BCUT2D eigenvalue weighted by atomic mass is 10.2. The van der Waals surface area contributed by atoms with Crippen LogP contribution in [-0.2, 0) is 4.79 Å². The lowest BCUT2D eigenvalue weighted by Gasteiger charge is -2.22. The molecule has 1 atom stereocenters. The molecule has 6 rings (SSSR count). The van der Waals surface area contributed by atoms with Crippen LogP contribution in [0.15, 0.2) is 42.2 Å². The first-order valence-electron chi connectivity index (χ1n) is 10.2. The van der Waals surface area contributed by atoms with Gasteiger partial charge < -0.3 is 30.0 Å². The molecule has 5 heterocycles. The third kappa shape index (κ3) is 3.17. The fourth-order valence-electron chi connectivity index (χ4n) is 4.07. The van der Waals surface area contributed by atoms with E-state index in [-0.39, 0.29) is 18.7 Å². The SMILES string of the molecule is NC(=O)[C@@H]1CCCN1c1nc(Nc2cn(-c3ccc4c(c3)OCO4)cn2)c2ccsc2n1. The fourth-order valence-corrected chi connectivity index (χ4v) is 4.82. The molecule has 162 valence electrons. The summed E-state index contributed by atoms with van der Waals surface area (Å²) in [7, 11) is 0. The number of thiophene rings is 1. The number of nitrogens with two attached hydrogens (primary N) is 1. The van der Waals surface area contributed by atoms with Crippen molar-refractivity contribution in [2.75, 3.05) is 23.6 Å². The molecule has 1 saturated heterocycles. The second-order valence-corrected chi connectivity index (χ2v) is 8.49. The summed E-state index contributed by atoms with van der Waals surface area (Å²) >= 11 is 1.52. The van der Waals surface area contributed by atoms with Gasteiger partial charge in [-0.25, -0.2) is 9.97 Å². The Bertz CT molecular complexity index is 1330. The molecule has 0 radical (unpaired) electrons. The number of primary amides is 1. The van der Waals surface area contributed by atoms with Gasteiger partial charge in [0.15, 0.2) is 11.5 Å². The van der Waals surface area contributed by atoms with Crippen molar-refractivity contribution < 1.29 is 14.3 Å². The maximum atomic E-state index is 11.9. The van der Waals surface area contributed by atoms with E-state index in [0.717, 1.165) is 28.1 Å². The number of fused-ring (bicyclic) bond motifs is 2. The number of imidazole rings is 1. The van der Waals surface area contributed by atoms with Crippen LogP contribution in [0.2, 0.25) is 0 Å². The second kappa shape index (κ2) is 7.38. The van der Waals surface area contributed by atoms with E-state index in [2.05, 4.69) is 15.3 Å². The van der Waals surface area contributed by atoms with E-state index < -0.39 is 0 Å². The molecule has 0 bridgehead atoms. The number of hydrogen-bond acceptors (Lipinski definition) is 9. The minimum absolute atomic E-state index is 0.232. The number of anilines is 3. The number of nitrogens with one attached hydrogen (secondary N) is 1. The standard InChI is InChI=1S/C21H19N7O3S/c22-18(29)14-2-1-6-28(14)21-25-19(13-5-7-32-20(13)26-21)24-17-9-27(10-23-17)12-3-4-15-16(8-12)31-11-30-15/h3-5,7-10,14H,1-2,6,11H2,(H2,22,29)(H,24,25,26)/t14-/m0/s1. The summed E-state index contributed by atoms with van der Waals surface area (Å²) in [6.07, 6.45) is 5.18. The number of hydrogen-bond donors (Lipinski definition) is 2. The molecule has 3 aromatic heterocycles. The molecule has 3 N–H and O–H groups in total. The van der Waals surface area contributed by atoms with Crippen LogP contribution in [0.4, 0.5) is 17.6 Å². The van der Waals surface area contributed by atoms with Gasteiger partial charge in [-0.05, 0) is 36.4 Å². The fraction of sp³-hybridized carbons (Fsp3) is 0.238. The average molecular weight is 449 g/mol. The molecule has 0 spiro atoms. The number of carbonyl (C=O) groups excluding carboxylic acids is 1. The molecule has 1 fully saturated rings. The van der Waals surface area contributed by atoms with Crippen molar-refractivity contribution in [1.29, 1.82) is 0 Å². The van der Waals surface area contributed by atoms with Gasteiger partial charge in [-0.2, -0.15) is 4.98 Å². The number of benzene rings is 1. The van der Waals surface area contributed by atoms with Crippen LogP contribution in [0.5, 0.6) is 11.5 Å². The maximum absolute atomic E-state index is 11.9. The highest BCUT2D eigenvalue weighted by atomic mass is 32.1. The lowest BCUT2D eigenvalue weighted by Crippen LogP contribution is -2.41. The highest BCUT2D eigenvalue weighted by Crippen LogP contribution is 2.35. The van der Waals surface area contributed by atoms with Crippen molar-refractivity contribution in [3.63, 3.8) is 0 Å². The molecule has 11 heteroatoms. The Kier molecular flexibility index (Phi) is 4.35. The molecule has 0 unspecified atom stereocenters. The summed E-state index contributed by atoms with van der Waals surface area (Å²) in [6.45, 7) is 0.929. The molecule has 4 aromatic rings. The first-order valence-corrected chi connectivity index (χ1v) is 11.1. The van der Waals surface area contributed by atoms with Gasteiger partial charge in [0.05, 0.1) is 17.3 Å². The third-order valence-corrected chi connectivity index (χ3v) is 6.44. The Morgan fingerprint density at radius 2 is 2.12 bits per heavy atom. The predicted octanol–water partition coefficient (Wildman–Crippen LogP) is 2.80. The van der Waals surface area contributed by atoms with E-state index in [4.69, 9.17) is 20.2 Å². The zero-order chi connectivity index (χ0) is 21.7. The average Bonchev–Trinajstić information content (AvgIpc) is 3.59. The number of ether oxygens (including phenoxy) is 2. The lowest BCUT2D eigenvalue weighted by molar-refractivity contribution is -0.119. The number of rotatable bonds is 5. The number of aromatic nitrogens is 4. The van der Waals surface area contributed by atoms with Crippen LogP contribution < -0.4 is 25.4 Å². The van der Waals surface area contributed by atoms with Gasteiger partial charge in [0.25, 0.3) is 0 Å². The van der Waals surface area contributed by atoms with Crippen molar-refractivity contribution in [2.45, 2.75) is 18.9 Å². The molecule has 32 heavy (non-hydrogen) atoms. The van der Waals surface area contributed by atoms with Gasteiger partial charge in [-0.1, -0.05) is 0 Å². The van der Waals surface area contributed by atoms with E-state index in [1.54, 1.807) is 6.33 Å². The third-order valence-electron chi connectivity index (χ3n) is 5.63. The van der Waals surface area contributed by atoms with E-state index in [1.807, 2.05) is 45.3 Å². The van der Waals surface area contributed by atoms with Crippen molar-refractivity contribution in [2.24, 2.45) is 5.73 Å². The summed E-state index contributed by atoms with van der Waals surface area (Å²) in [5.41, 5.74) is 6.50. The van der Waals surface area contributed by atoms with E-state index >= 15 is 0 Å². The highest BCUT2D eigenvalue weighted by Gasteiger charge is 2.31. The Hall–Kier alpha value is -3.86. The smallest absolute Gasteiger partial charge is 0.240 e. The van der Waals surface area contributed by atoms with Gasteiger partial charge in [-0.15, -0.1) is 11.3 Å². The highest BCUT2D eigenvalue weighted by molar-refractivity contribution is 7.16. The Morgan fingerprint density at radius 3 is 3.03 bits per heavy atom. The Morgan fingerprint density at radius 1 is 1.22 bits per heavy atom. The summed E-state index contributed by atoms with van der Waals surface area (Å²) in [5.74, 6) is 2.86. The summed E-state index contributed by atoms with van der Waals surface area (Å²) < 4.78 is 12.7. The van der Waals surface area contributed by atoms with Crippen molar-refractivity contribution in [3.8, 4) is 17.2 Å². The summed E-state index contributed by atoms with van der Waals surface area (Å²) in [4.78, 5) is 28.5. The van der Waals surface area contributed by atoms with E-state index in [9.17, 15) is 4.79 Å². The van der Waals surface area contributed by atoms with Crippen LogP contribution >= 0.6 is 11.3 Å². The molecule has 0 aliphatic carbocycles. The van der Waals surface area contributed by atoms with Gasteiger partial charge in [0.1, 0.15) is 28.8 Å². The van der Waals surface area contributed by atoms with Crippen LogP contribution in [-0.4, -0.2) is 44.8 Å².